The van der Waals surface area contributed by atoms with Gasteiger partial charge in [0.15, 0.2) is 0 Å². The van der Waals surface area contributed by atoms with Gasteiger partial charge in [0.1, 0.15) is 6.04 Å². The second-order valence-corrected chi connectivity index (χ2v) is 4.08. The number of benzene rings is 1. The van der Waals surface area contributed by atoms with Gasteiger partial charge in [-0.2, -0.15) is 5.48 Å². The number of nitrogens with one attached hydrogen (secondary N) is 1. The fraction of sp³-hybridized carbons (Fsp3) is 0.429. The van der Waals surface area contributed by atoms with Crippen LogP contribution in [0.25, 0.3) is 0 Å². The average Bonchev–Trinajstić information content (AvgIpc) is 2.50. The number of hydrogen-bond acceptors (Lipinski definition) is 6. The second kappa shape index (κ2) is 9.06. The summed E-state index contributed by atoms with van der Waals surface area (Å²) in [6, 6.07) is 8.81. The van der Waals surface area contributed by atoms with Crippen LogP contribution in [0.1, 0.15) is 18.4 Å². The van der Waals surface area contributed by atoms with Crippen molar-refractivity contribution in [3.8, 4) is 0 Å². The van der Waals surface area contributed by atoms with Crippen LogP contribution in [0.3, 0.4) is 0 Å². The predicted octanol–water partition coefficient (Wildman–Crippen LogP) is 1.20. The van der Waals surface area contributed by atoms with E-state index < -0.39 is 12.0 Å². The van der Waals surface area contributed by atoms with E-state index in [-0.39, 0.29) is 18.8 Å². The molecule has 20 heavy (non-hydrogen) atoms. The Morgan fingerprint density at radius 3 is 2.45 bits per heavy atom. The van der Waals surface area contributed by atoms with E-state index in [9.17, 15) is 9.59 Å². The molecular formula is C14H19NO5. The summed E-state index contributed by atoms with van der Waals surface area (Å²) >= 11 is 0. The minimum absolute atomic E-state index is 0.109. The molecule has 0 saturated carbocycles. The Balaban J connectivity index is 2.40. The maximum Gasteiger partial charge on any atom is 0.325 e. The van der Waals surface area contributed by atoms with Gasteiger partial charge in [-0.15, -0.1) is 0 Å². The lowest BCUT2D eigenvalue weighted by atomic mass is 10.2. The molecule has 0 fully saturated rings. The Kier molecular flexibility index (Phi) is 7.31. The monoisotopic (exact) mass is 281 g/mol. The first-order valence-corrected chi connectivity index (χ1v) is 6.23. The Morgan fingerprint density at radius 1 is 1.15 bits per heavy atom. The minimum atomic E-state index is -0.706. The highest BCUT2D eigenvalue weighted by Gasteiger charge is 2.20. The van der Waals surface area contributed by atoms with Crippen molar-refractivity contribution in [2.24, 2.45) is 0 Å². The fourth-order valence-corrected chi connectivity index (χ4v) is 1.53. The van der Waals surface area contributed by atoms with Crippen LogP contribution in [0.2, 0.25) is 0 Å². The van der Waals surface area contributed by atoms with Gasteiger partial charge in [0, 0.05) is 6.42 Å². The van der Waals surface area contributed by atoms with Crippen molar-refractivity contribution >= 4 is 11.9 Å². The number of hydrogen-bond donors (Lipinski definition) is 1. The van der Waals surface area contributed by atoms with Gasteiger partial charge in [-0.1, -0.05) is 30.3 Å². The van der Waals surface area contributed by atoms with Gasteiger partial charge in [0.2, 0.25) is 0 Å². The summed E-state index contributed by atoms with van der Waals surface area (Å²) in [6.07, 6.45) is 0.353. The van der Waals surface area contributed by atoms with Crippen molar-refractivity contribution in [2.45, 2.75) is 25.5 Å². The molecule has 1 aromatic rings. The van der Waals surface area contributed by atoms with Crippen LogP contribution in [0.5, 0.6) is 0 Å². The zero-order chi connectivity index (χ0) is 14.8. The minimum Gasteiger partial charge on any atom is -0.469 e. The lowest BCUT2D eigenvalue weighted by Crippen LogP contribution is -2.38. The highest BCUT2D eigenvalue weighted by Crippen LogP contribution is 2.04. The summed E-state index contributed by atoms with van der Waals surface area (Å²) in [7, 11) is 2.58. The molecule has 1 rings (SSSR count). The third-order valence-corrected chi connectivity index (χ3v) is 2.66. The van der Waals surface area contributed by atoms with E-state index >= 15 is 0 Å². The van der Waals surface area contributed by atoms with Crippen LogP contribution < -0.4 is 5.48 Å². The lowest BCUT2D eigenvalue weighted by Gasteiger charge is -2.15. The van der Waals surface area contributed by atoms with Gasteiger partial charge >= 0.3 is 11.9 Å². The van der Waals surface area contributed by atoms with Crippen molar-refractivity contribution in [1.82, 2.24) is 5.48 Å². The molecule has 0 saturated heterocycles. The molecule has 0 aromatic heterocycles. The molecule has 0 aliphatic rings. The number of esters is 2. The molecular weight excluding hydrogens is 262 g/mol. The van der Waals surface area contributed by atoms with Crippen LogP contribution in [0.4, 0.5) is 0 Å². The first-order valence-electron chi connectivity index (χ1n) is 6.23. The molecule has 0 spiro atoms. The number of ether oxygens (including phenoxy) is 2. The van der Waals surface area contributed by atoms with Crippen LogP contribution in [-0.4, -0.2) is 32.2 Å². The molecule has 6 nitrogen and oxygen atoms in total. The predicted molar refractivity (Wildman–Crippen MR) is 71.4 cm³/mol. The Labute approximate surface area is 118 Å². The number of rotatable bonds is 8. The lowest BCUT2D eigenvalue weighted by molar-refractivity contribution is -0.149. The molecule has 6 heteroatoms. The van der Waals surface area contributed by atoms with E-state index in [0.29, 0.717) is 6.61 Å². The summed E-state index contributed by atoms with van der Waals surface area (Å²) in [6.45, 7) is 0.312. The maximum absolute atomic E-state index is 11.5. The molecule has 0 aliphatic heterocycles. The largest absolute Gasteiger partial charge is 0.469 e. The first kappa shape index (κ1) is 16.1. The number of carbonyl (C=O) groups excluding carboxylic acids is 2. The van der Waals surface area contributed by atoms with E-state index in [4.69, 9.17) is 4.84 Å². The molecule has 0 radical (unpaired) electrons. The number of carbonyl (C=O) groups is 2. The second-order valence-electron chi connectivity index (χ2n) is 4.08. The normalized spacial score (nSPS) is 11.7. The van der Waals surface area contributed by atoms with Crippen molar-refractivity contribution < 1.29 is 23.9 Å². The van der Waals surface area contributed by atoms with E-state index in [0.717, 1.165) is 5.56 Å². The van der Waals surface area contributed by atoms with Crippen LogP contribution in [0, 0.1) is 0 Å². The summed E-state index contributed by atoms with van der Waals surface area (Å²) in [5.74, 6) is -0.870. The van der Waals surface area contributed by atoms with Crippen LogP contribution in [-0.2, 0) is 30.5 Å². The zero-order valence-corrected chi connectivity index (χ0v) is 11.6. The van der Waals surface area contributed by atoms with Crippen molar-refractivity contribution in [2.75, 3.05) is 14.2 Å². The zero-order valence-electron chi connectivity index (χ0n) is 11.6. The molecule has 1 atom stereocenters. The van der Waals surface area contributed by atoms with Crippen LogP contribution >= 0.6 is 0 Å². The highest BCUT2D eigenvalue weighted by atomic mass is 16.6. The maximum atomic E-state index is 11.5. The molecule has 1 N–H and O–H groups in total. The molecule has 0 bridgehead atoms. The third-order valence-electron chi connectivity index (χ3n) is 2.66. The van der Waals surface area contributed by atoms with Crippen molar-refractivity contribution in [1.29, 1.82) is 0 Å². The van der Waals surface area contributed by atoms with Gasteiger partial charge in [-0.05, 0) is 12.0 Å². The van der Waals surface area contributed by atoms with Crippen molar-refractivity contribution in [3.05, 3.63) is 35.9 Å². The standard InChI is InChI=1S/C14H19NO5/c1-18-13(16)9-8-12(14(17)19-2)15-20-10-11-6-4-3-5-7-11/h3-7,12,15H,8-10H2,1-2H3. The third kappa shape index (κ3) is 5.81. The number of methoxy groups -OCH3 is 2. The first-order chi connectivity index (χ1) is 9.67. The van der Waals surface area contributed by atoms with E-state index in [1.807, 2.05) is 30.3 Å². The SMILES string of the molecule is COC(=O)CCC(NOCc1ccccc1)C(=O)OC. The van der Waals surface area contributed by atoms with Crippen LogP contribution in [0.15, 0.2) is 30.3 Å². The molecule has 0 aliphatic carbocycles. The Morgan fingerprint density at radius 2 is 1.85 bits per heavy atom. The summed E-state index contributed by atoms with van der Waals surface area (Å²) in [5, 5.41) is 0. The molecule has 1 unspecified atom stereocenters. The van der Waals surface area contributed by atoms with E-state index in [2.05, 4.69) is 15.0 Å². The van der Waals surface area contributed by atoms with Gasteiger partial charge in [0.05, 0.1) is 20.8 Å². The Bertz CT molecular complexity index is 421. The van der Waals surface area contributed by atoms with E-state index in [1.54, 1.807) is 0 Å². The number of hydroxylamine groups is 1. The summed E-state index contributed by atoms with van der Waals surface area (Å²) in [4.78, 5) is 27.9. The quantitative estimate of drug-likeness (QED) is 0.570. The van der Waals surface area contributed by atoms with Gasteiger partial charge in [-0.3, -0.25) is 14.4 Å². The molecule has 1 aromatic carbocycles. The fourth-order valence-electron chi connectivity index (χ4n) is 1.53. The smallest absolute Gasteiger partial charge is 0.325 e. The molecule has 0 heterocycles. The van der Waals surface area contributed by atoms with Gasteiger partial charge < -0.3 is 9.47 Å². The summed E-state index contributed by atoms with van der Waals surface area (Å²) < 4.78 is 9.18. The topological polar surface area (TPSA) is 73.9 Å². The van der Waals surface area contributed by atoms with E-state index in [1.165, 1.54) is 14.2 Å². The average molecular weight is 281 g/mol. The van der Waals surface area contributed by atoms with Gasteiger partial charge in [0.25, 0.3) is 0 Å². The summed E-state index contributed by atoms with van der Waals surface area (Å²) in [5.41, 5.74) is 3.59. The van der Waals surface area contributed by atoms with Gasteiger partial charge in [-0.25, -0.2) is 0 Å². The molecule has 110 valence electrons. The Hall–Kier alpha value is -1.92. The highest BCUT2D eigenvalue weighted by molar-refractivity contribution is 5.77. The van der Waals surface area contributed by atoms with Crippen molar-refractivity contribution in [3.63, 3.8) is 0 Å². The molecule has 0 amide bonds.